The van der Waals surface area contributed by atoms with Crippen molar-refractivity contribution in [3.63, 3.8) is 0 Å². The molecule has 0 N–H and O–H groups in total. The van der Waals surface area contributed by atoms with Gasteiger partial charge < -0.3 is 19.1 Å². The van der Waals surface area contributed by atoms with Crippen molar-refractivity contribution < 1.29 is 23.8 Å². The van der Waals surface area contributed by atoms with Crippen molar-refractivity contribution in [1.29, 1.82) is 0 Å². The van der Waals surface area contributed by atoms with E-state index in [0.29, 0.717) is 32.7 Å². The Balaban J connectivity index is 2.34. The predicted octanol–water partition coefficient (Wildman–Crippen LogP) is 2.52. The highest BCUT2D eigenvalue weighted by Gasteiger charge is 2.27. The highest BCUT2D eigenvalue weighted by molar-refractivity contribution is 5.81. The lowest BCUT2D eigenvalue weighted by Gasteiger charge is -2.34. The van der Waals surface area contributed by atoms with E-state index in [2.05, 4.69) is 0 Å². The zero-order valence-electron chi connectivity index (χ0n) is 14.0. The minimum Gasteiger partial charge on any atom is -0.463 e. The lowest BCUT2D eigenvalue weighted by atomic mass is 10.1. The molecule has 0 aromatic carbocycles. The summed E-state index contributed by atoms with van der Waals surface area (Å²) in [5.41, 5.74) is -0.493. The van der Waals surface area contributed by atoms with Crippen LogP contribution in [-0.2, 0) is 19.0 Å². The van der Waals surface area contributed by atoms with E-state index in [9.17, 15) is 9.59 Å². The van der Waals surface area contributed by atoms with Gasteiger partial charge in [0, 0.05) is 12.6 Å². The van der Waals surface area contributed by atoms with Gasteiger partial charge in [-0.25, -0.2) is 9.59 Å². The lowest BCUT2D eigenvalue weighted by molar-refractivity contribution is -0.137. The van der Waals surface area contributed by atoms with E-state index in [1.165, 1.54) is 6.08 Å². The van der Waals surface area contributed by atoms with Crippen molar-refractivity contribution in [3.8, 4) is 0 Å². The first-order valence-corrected chi connectivity index (χ1v) is 7.74. The maximum atomic E-state index is 12.0. The standard InChI is InChI=1S/C16H27NO5/c1-5-20-14(18)9-7-6-8-13-12-17(10-11-21-13)15(19)22-16(2,3)4/h7,9,13H,5-6,8,10-12H2,1-4H3/t13-/m1/s1. The van der Waals surface area contributed by atoms with Crippen LogP contribution in [0.2, 0.25) is 0 Å². The fraction of sp³-hybridized carbons (Fsp3) is 0.750. The van der Waals surface area contributed by atoms with E-state index in [0.717, 1.165) is 6.42 Å². The van der Waals surface area contributed by atoms with Gasteiger partial charge >= 0.3 is 12.1 Å². The molecular weight excluding hydrogens is 286 g/mol. The highest BCUT2D eigenvalue weighted by Crippen LogP contribution is 2.15. The van der Waals surface area contributed by atoms with Crippen LogP contribution in [0.25, 0.3) is 0 Å². The monoisotopic (exact) mass is 313 g/mol. The Morgan fingerprint density at radius 3 is 2.73 bits per heavy atom. The average Bonchev–Trinajstić information content (AvgIpc) is 2.42. The largest absolute Gasteiger partial charge is 0.463 e. The number of morpholine rings is 1. The Morgan fingerprint density at radius 2 is 2.09 bits per heavy atom. The van der Waals surface area contributed by atoms with Gasteiger partial charge in [0.15, 0.2) is 0 Å². The minimum atomic E-state index is -0.493. The molecule has 1 rings (SSSR count). The van der Waals surface area contributed by atoms with Crippen LogP contribution in [0.5, 0.6) is 0 Å². The molecule has 0 aliphatic carbocycles. The SMILES string of the molecule is CCOC(=O)C=CCC[C@@H]1CN(C(=O)OC(C)(C)C)CCO1. The molecule has 0 spiro atoms. The minimum absolute atomic E-state index is 0.0342. The van der Waals surface area contributed by atoms with E-state index in [4.69, 9.17) is 14.2 Å². The van der Waals surface area contributed by atoms with Crippen molar-refractivity contribution in [2.75, 3.05) is 26.3 Å². The first-order valence-electron chi connectivity index (χ1n) is 7.74. The van der Waals surface area contributed by atoms with Gasteiger partial charge in [0.1, 0.15) is 5.60 Å². The van der Waals surface area contributed by atoms with E-state index in [1.54, 1.807) is 17.9 Å². The third kappa shape index (κ3) is 7.45. The fourth-order valence-electron chi connectivity index (χ4n) is 2.04. The number of carbonyl (C=O) groups excluding carboxylic acids is 2. The normalized spacial score (nSPS) is 19.3. The average molecular weight is 313 g/mol. The molecular formula is C16H27NO5. The van der Waals surface area contributed by atoms with Crippen molar-refractivity contribution in [2.45, 2.75) is 52.2 Å². The van der Waals surface area contributed by atoms with Crippen LogP contribution in [-0.4, -0.2) is 55.0 Å². The summed E-state index contributed by atoms with van der Waals surface area (Å²) in [7, 11) is 0. The summed E-state index contributed by atoms with van der Waals surface area (Å²) in [4.78, 5) is 24.9. The van der Waals surface area contributed by atoms with Crippen molar-refractivity contribution in [3.05, 3.63) is 12.2 Å². The van der Waals surface area contributed by atoms with Gasteiger partial charge in [-0.3, -0.25) is 0 Å². The van der Waals surface area contributed by atoms with Crippen LogP contribution in [0.3, 0.4) is 0 Å². The summed E-state index contributed by atoms with van der Waals surface area (Å²) in [5.74, 6) is -0.331. The topological polar surface area (TPSA) is 65.1 Å². The molecule has 22 heavy (non-hydrogen) atoms. The van der Waals surface area contributed by atoms with Crippen LogP contribution < -0.4 is 0 Å². The second-order valence-corrected chi connectivity index (χ2v) is 6.15. The molecule has 1 aliphatic heterocycles. The number of esters is 1. The molecule has 1 fully saturated rings. The maximum Gasteiger partial charge on any atom is 0.410 e. The predicted molar refractivity (Wildman–Crippen MR) is 82.6 cm³/mol. The summed E-state index contributed by atoms with van der Waals surface area (Å²) in [6.45, 7) is 9.26. The van der Waals surface area contributed by atoms with E-state index in [1.807, 2.05) is 20.8 Å². The van der Waals surface area contributed by atoms with Crippen LogP contribution in [0, 0.1) is 0 Å². The summed E-state index contributed by atoms with van der Waals surface area (Å²) in [6, 6.07) is 0. The number of carbonyl (C=O) groups is 2. The molecule has 6 heteroatoms. The third-order valence-corrected chi connectivity index (χ3v) is 2.99. The van der Waals surface area contributed by atoms with Gasteiger partial charge in [0.05, 0.1) is 25.9 Å². The molecule has 0 aromatic heterocycles. The number of hydrogen-bond acceptors (Lipinski definition) is 5. The Labute approximate surface area is 132 Å². The Morgan fingerprint density at radius 1 is 1.36 bits per heavy atom. The van der Waals surface area contributed by atoms with Gasteiger partial charge in [-0.15, -0.1) is 0 Å². The highest BCUT2D eigenvalue weighted by atomic mass is 16.6. The molecule has 1 amide bonds. The van der Waals surface area contributed by atoms with Crippen molar-refractivity contribution >= 4 is 12.1 Å². The van der Waals surface area contributed by atoms with Gasteiger partial charge in [-0.2, -0.15) is 0 Å². The molecule has 126 valence electrons. The molecule has 1 heterocycles. The summed E-state index contributed by atoms with van der Waals surface area (Å²) >= 11 is 0. The molecule has 0 radical (unpaired) electrons. The first kappa shape index (κ1) is 18.5. The van der Waals surface area contributed by atoms with E-state index in [-0.39, 0.29) is 18.2 Å². The Bertz CT molecular complexity index is 400. The van der Waals surface area contributed by atoms with Crippen molar-refractivity contribution in [2.24, 2.45) is 0 Å². The second kappa shape index (κ2) is 8.78. The van der Waals surface area contributed by atoms with Gasteiger partial charge in [0.2, 0.25) is 0 Å². The van der Waals surface area contributed by atoms with Gasteiger partial charge in [-0.1, -0.05) is 6.08 Å². The molecule has 1 aliphatic rings. The zero-order chi connectivity index (χ0) is 16.6. The molecule has 0 bridgehead atoms. The quantitative estimate of drug-likeness (QED) is 0.576. The zero-order valence-corrected chi connectivity index (χ0v) is 14.0. The van der Waals surface area contributed by atoms with E-state index >= 15 is 0 Å². The molecule has 1 saturated heterocycles. The van der Waals surface area contributed by atoms with Crippen molar-refractivity contribution in [1.82, 2.24) is 4.90 Å². The molecule has 0 aromatic rings. The summed E-state index contributed by atoms with van der Waals surface area (Å²) in [5, 5.41) is 0. The number of amides is 1. The molecule has 0 saturated carbocycles. The number of nitrogens with zero attached hydrogens (tertiary/aromatic N) is 1. The van der Waals surface area contributed by atoms with Crippen LogP contribution >= 0.6 is 0 Å². The molecule has 1 atom stereocenters. The fourth-order valence-corrected chi connectivity index (χ4v) is 2.04. The number of ether oxygens (including phenoxy) is 3. The van der Waals surface area contributed by atoms with Gasteiger partial charge in [0.25, 0.3) is 0 Å². The summed E-state index contributed by atoms with van der Waals surface area (Å²) in [6.07, 6.45) is 4.31. The van der Waals surface area contributed by atoms with Crippen LogP contribution in [0.4, 0.5) is 4.79 Å². The Hall–Kier alpha value is -1.56. The number of rotatable bonds is 5. The van der Waals surface area contributed by atoms with Crippen LogP contribution in [0.1, 0.15) is 40.5 Å². The molecule has 0 unspecified atom stereocenters. The first-order chi connectivity index (χ1) is 10.3. The molecule has 6 nitrogen and oxygen atoms in total. The number of allylic oxidation sites excluding steroid dienone is 1. The lowest BCUT2D eigenvalue weighted by Crippen LogP contribution is -2.47. The smallest absolute Gasteiger partial charge is 0.410 e. The van der Waals surface area contributed by atoms with Crippen LogP contribution in [0.15, 0.2) is 12.2 Å². The third-order valence-electron chi connectivity index (χ3n) is 2.99. The Kier molecular flexibility index (Phi) is 7.38. The van der Waals surface area contributed by atoms with E-state index < -0.39 is 5.60 Å². The van der Waals surface area contributed by atoms with Gasteiger partial charge in [-0.05, 0) is 40.5 Å². The summed E-state index contributed by atoms with van der Waals surface area (Å²) < 4.78 is 15.8. The second-order valence-electron chi connectivity index (χ2n) is 6.15. The maximum absolute atomic E-state index is 12.0. The number of hydrogen-bond donors (Lipinski definition) is 0.